The van der Waals surface area contributed by atoms with Crippen LogP contribution in [0.5, 0.6) is 5.75 Å². The minimum atomic E-state index is -0.0351. The molecule has 1 atom stereocenters. The molecule has 2 rings (SSSR count). The van der Waals surface area contributed by atoms with Crippen molar-refractivity contribution >= 4 is 0 Å². The van der Waals surface area contributed by atoms with Gasteiger partial charge >= 0.3 is 0 Å². The molecule has 0 aliphatic rings. The van der Waals surface area contributed by atoms with Gasteiger partial charge < -0.3 is 10.5 Å². The van der Waals surface area contributed by atoms with Crippen LogP contribution in [0.3, 0.4) is 0 Å². The molecule has 2 N–H and O–H groups in total. The second kappa shape index (κ2) is 6.90. The van der Waals surface area contributed by atoms with Gasteiger partial charge in [-0.3, -0.25) is 4.98 Å². The minimum absolute atomic E-state index is 0.0351. The number of nitrogens with zero attached hydrogens (tertiary/aromatic N) is 1. The van der Waals surface area contributed by atoms with E-state index in [1.165, 1.54) is 5.56 Å². The molecule has 0 spiro atoms. The molecule has 0 saturated carbocycles. The van der Waals surface area contributed by atoms with E-state index in [2.05, 4.69) is 29.2 Å². The Morgan fingerprint density at radius 1 is 1.16 bits per heavy atom. The van der Waals surface area contributed by atoms with Crippen molar-refractivity contribution in [1.82, 2.24) is 4.98 Å². The number of aryl methyl sites for hydroxylation is 1. The van der Waals surface area contributed by atoms with Crippen molar-refractivity contribution in [2.24, 2.45) is 5.73 Å². The van der Waals surface area contributed by atoms with Gasteiger partial charge in [0.15, 0.2) is 0 Å². The van der Waals surface area contributed by atoms with Gasteiger partial charge in [0, 0.05) is 6.04 Å². The van der Waals surface area contributed by atoms with E-state index in [0.717, 1.165) is 24.3 Å². The zero-order valence-corrected chi connectivity index (χ0v) is 11.3. The number of hydrogen-bond donors (Lipinski definition) is 1. The van der Waals surface area contributed by atoms with Crippen molar-refractivity contribution in [3.05, 3.63) is 59.9 Å². The lowest BCUT2D eigenvalue weighted by molar-refractivity contribution is 0.309. The van der Waals surface area contributed by atoms with Crippen molar-refractivity contribution in [3.63, 3.8) is 0 Å². The molecule has 0 fully saturated rings. The summed E-state index contributed by atoms with van der Waals surface area (Å²) < 4.78 is 5.66. The van der Waals surface area contributed by atoms with E-state index in [9.17, 15) is 0 Å². The van der Waals surface area contributed by atoms with Gasteiger partial charge in [-0.2, -0.15) is 0 Å². The summed E-state index contributed by atoms with van der Waals surface area (Å²) in [4.78, 5) is 4.27. The Morgan fingerprint density at radius 2 is 1.95 bits per heavy atom. The van der Waals surface area contributed by atoms with E-state index in [4.69, 9.17) is 10.5 Å². The van der Waals surface area contributed by atoms with Gasteiger partial charge in [-0.1, -0.05) is 30.3 Å². The Bertz CT molecular complexity index is 480. The first kappa shape index (κ1) is 13.6. The van der Waals surface area contributed by atoms with Crippen LogP contribution in [0.25, 0.3) is 0 Å². The van der Waals surface area contributed by atoms with Gasteiger partial charge in [0.05, 0.1) is 18.5 Å². The summed E-state index contributed by atoms with van der Waals surface area (Å²) in [5.74, 6) is 0.803. The zero-order chi connectivity index (χ0) is 13.5. The highest BCUT2D eigenvalue weighted by molar-refractivity contribution is 5.21. The van der Waals surface area contributed by atoms with Crippen LogP contribution >= 0.6 is 0 Å². The van der Waals surface area contributed by atoms with Crippen LogP contribution in [0.4, 0.5) is 0 Å². The molecule has 19 heavy (non-hydrogen) atoms. The average Bonchev–Trinajstić information content (AvgIpc) is 2.45. The first-order valence-electron chi connectivity index (χ1n) is 6.64. The van der Waals surface area contributed by atoms with Crippen molar-refractivity contribution in [2.75, 3.05) is 6.61 Å². The van der Waals surface area contributed by atoms with Crippen LogP contribution in [-0.2, 0) is 6.42 Å². The first-order valence-corrected chi connectivity index (χ1v) is 6.64. The fourth-order valence-corrected chi connectivity index (χ4v) is 1.86. The maximum Gasteiger partial charge on any atom is 0.137 e. The van der Waals surface area contributed by atoms with Crippen LogP contribution in [-0.4, -0.2) is 11.6 Å². The SMILES string of the molecule is C[C@@H](N)c1ccc(OCCCc2ccccc2)cn1. The third-order valence-corrected chi connectivity index (χ3v) is 2.95. The largest absolute Gasteiger partial charge is 0.492 e. The van der Waals surface area contributed by atoms with E-state index >= 15 is 0 Å². The van der Waals surface area contributed by atoms with E-state index < -0.39 is 0 Å². The number of rotatable bonds is 6. The molecule has 100 valence electrons. The normalized spacial score (nSPS) is 12.1. The summed E-state index contributed by atoms with van der Waals surface area (Å²) in [5, 5.41) is 0. The van der Waals surface area contributed by atoms with Crippen LogP contribution in [0.2, 0.25) is 0 Å². The monoisotopic (exact) mass is 256 g/mol. The van der Waals surface area contributed by atoms with Crippen molar-refractivity contribution < 1.29 is 4.74 Å². The van der Waals surface area contributed by atoms with Gasteiger partial charge in [-0.25, -0.2) is 0 Å². The summed E-state index contributed by atoms with van der Waals surface area (Å²) in [6, 6.07) is 14.2. The quantitative estimate of drug-likeness (QED) is 0.808. The molecule has 0 aliphatic heterocycles. The lowest BCUT2D eigenvalue weighted by atomic mass is 10.1. The Labute approximate surface area is 114 Å². The summed E-state index contributed by atoms with van der Waals surface area (Å²) >= 11 is 0. The fraction of sp³-hybridized carbons (Fsp3) is 0.312. The Kier molecular flexibility index (Phi) is 4.93. The Morgan fingerprint density at radius 3 is 2.58 bits per heavy atom. The third-order valence-electron chi connectivity index (χ3n) is 2.95. The lowest BCUT2D eigenvalue weighted by Gasteiger charge is -2.08. The number of benzene rings is 1. The number of ether oxygens (including phenoxy) is 1. The maximum atomic E-state index is 5.75. The average molecular weight is 256 g/mol. The molecule has 0 unspecified atom stereocenters. The minimum Gasteiger partial charge on any atom is -0.492 e. The van der Waals surface area contributed by atoms with Crippen molar-refractivity contribution in [2.45, 2.75) is 25.8 Å². The van der Waals surface area contributed by atoms with Gasteiger partial charge in [0.25, 0.3) is 0 Å². The number of pyridine rings is 1. The van der Waals surface area contributed by atoms with Crippen LogP contribution in [0, 0.1) is 0 Å². The van der Waals surface area contributed by atoms with Crippen LogP contribution < -0.4 is 10.5 Å². The van der Waals surface area contributed by atoms with E-state index in [1.54, 1.807) is 6.20 Å². The molecule has 1 heterocycles. The van der Waals surface area contributed by atoms with Gasteiger partial charge in [0.2, 0.25) is 0 Å². The van der Waals surface area contributed by atoms with Crippen molar-refractivity contribution in [3.8, 4) is 5.75 Å². The third kappa shape index (κ3) is 4.38. The predicted molar refractivity (Wildman–Crippen MR) is 77.1 cm³/mol. The molecule has 3 nitrogen and oxygen atoms in total. The Hall–Kier alpha value is -1.87. The molecule has 1 aromatic heterocycles. The number of hydrogen-bond acceptors (Lipinski definition) is 3. The van der Waals surface area contributed by atoms with E-state index in [1.807, 2.05) is 25.1 Å². The lowest BCUT2D eigenvalue weighted by Crippen LogP contribution is -2.07. The molecule has 2 aromatic rings. The van der Waals surface area contributed by atoms with Crippen LogP contribution in [0.1, 0.15) is 30.6 Å². The highest BCUT2D eigenvalue weighted by Gasteiger charge is 2.01. The van der Waals surface area contributed by atoms with Crippen molar-refractivity contribution in [1.29, 1.82) is 0 Å². The molecule has 0 amide bonds. The zero-order valence-electron chi connectivity index (χ0n) is 11.3. The van der Waals surface area contributed by atoms with Gasteiger partial charge in [-0.15, -0.1) is 0 Å². The smallest absolute Gasteiger partial charge is 0.137 e. The summed E-state index contributed by atoms with van der Waals surface area (Å²) in [5.41, 5.74) is 7.98. The molecule has 0 bridgehead atoms. The first-order chi connectivity index (χ1) is 9.25. The summed E-state index contributed by atoms with van der Waals surface area (Å²) in [7, 11) is 0. The maximum absolute atomic E-state index is 5.75. The molecule has 3 heteroatoms. The second-order valence-corrected chi connectivity index (χ2v) is 4.65. The molecular formula is C16H20N2O. The molecule has 0 aliphatic carbocycles. The van der Waals surface area contributed by atoms with E-state index in [0.29, 0.717) is 6.61 Å². The summed E-state index contributed by atoms with van der Waals surface area (Å²) in [6.07, 6.45) is 3.77. The van der Waals surface area contributed by atoms with Crippen LogP contribution in [0.15, 0.2) is 48.7 Å². The highest BCUT2D eigenvalue weighted by Crippen LogP contribution is 2.13. The molecular weight excluding hydrogens is 236 g/mol. The fourth-order valence-electron chi connectivity index (χ4n) is 1.86. The highest BCUT2D eigenvalue weighted by atomic mass is 16.5. The molecule has 0 radical (unpaired) electrons. The summed E-state index contributed by atoms with van der Waals surface area (Å²) in [6.45, 7) is 2.62. The number of aromatic nitrogens is 1. The van der Waals surface area contributed by atoms with Gasteiger partial charge in [0.1, 0.15) is 5.75 Å². The molecule has 1 aromatic carbocycles. The Balaban J connectivity index is 1.74. The molecule has 0 saturated heterocycles. The van der Waals surface area contributed by atoms with E-state index in [-0.39, 0.29) is 6.04 Å². The standard InChI is InChI=1S/C16H20N2O/c1-13(17)16-10-9-15(12-18-16)19-11-5-8-14-6-3-2-4-7-14/h2-4,6-7,9-10,12-13H,5,8,11,17H2,1H3/t13-/m1/s1. The topological polar surface area (TPSA) is 48.1 Å². The van der Waals surface area contributed by atoms with Gasteiger partial charge in [-0.05, 0) is 37.5 Å². The number of nitrogens with two attached hydrogens (primary N) is 1. The predicted octanol–water partition coefficient (Wildman–Crippen LogP) is 3.11. The second-order valence-electron chi connectivity index (χ2n) is 4.65.